The number of nitrogens with one attached hydrogen (secondary N) is 1. The van der Waals surface area contributed by atoms with Gasteiger partial charge in [0.1, 0.15) is 0 Å². The lowest BCUT2D eigenvalue weighted by molar-refractivity contribution is -0.121. The molecule has 1 aliphatic heterocycles. The zero-order chi connectivity index (χ0) is 12.9. The van der Waals surface area contributed by atoms with Crippen LogP contribution in [0.25, 0.3) is 0 Å². The second-order valence-corrected chi connectivity index (χ2v) is 5.70. The van der Waals surface area contributed by atoms with Crippen molar-refractivity contribution in [2.75, 3.05) is 45.7 Å². The molecular weight excluding hydrogens is 238 g/mol. The summed E-state index contributed by atoms with van der Waals surface area (Å²) in [5, 5.41) is 2.95. The molecule has 100 valence electrons. The van der Waals surface area contributed by atoms with Crippen molar-refractivity contribution in [2.24, 2.45) is 0 Å². The number of amides is 1. The minimum atomic E-state index is 0.0171. The van der Waals surface area contributed by atoms with Crippen LogP contribution in [0.5, 0.6) is 0 Å². The van der Waals surface area contributed by atoms with Gasteiger partial charge in [-0.05, 0) is 20.9 Å². The Kier molecular flexibility index (Phi) is 5.70. The first-order chi connectivity index (χ1) is 7.95. The van der Waals surface area contributed by atoms with E-state index in [-0.39, 0.29) is 11.4 Å². The van der Waals surface area contributed by atoms with E-state index in [1.54, 1.807) is 0 Å². The molecule has 1 N–H and O–H groups in total. The highest BCUT2D eigenvalue weighted by atomic mass is 35.5. The van der Waals surface area contributed by atoms with Gasteiger partial charge in [-0.3, -0.25) is 9.69 Å². The van der Waals surface area contributed by atoms with Crippen molar-refractivity contribution < 1.29 is 4.79 Å². The maximum atomic E-state index is 11.4. The van der Waals surface area contributed by atoms with Gasteiger partial charge in [0.2, 0.25) is 5.91 Å². The Hall–Kier alpha value is -0.320. The van der Waals surface area contributed by atoms with Crippen LogP contribution in [0.4, 0.5) is 0 Å². The van der Waals surface area contributed by atoms with E-state index in [9.17, 15) is 4.79 Å². The van der Waals surface area contributed by atoms with E-state index in [0.29, 0.717) is 18.8 Å². The van der Waals surface area contributed by atoms with Crippen molar-refractivity contribution >= 4 is 17.5 Å². The fraction of sp³-hybridized carbons (Fsp3) is 0.917. The molecule has 0 aromatic carbocycles. The summed E-state index contributed by atoms with van der Waals surface area (Å²) in [6, 6.07) is 0. The molecule has 1 rings (SSSR count). The van der Waals surface area contributed by atoms with Crippen LogP contribution in [0.15, 0.2) is 0 Å². The summed E-state index contributed by atoms with van der Waals surface area (Å²) < 4.78 is 0. The molecule has 1 aliphatic rings. The quantitative estimate of drug-likeness (QED) is 0.743. The third-order valence-corrected chi connectivity index (χ3v) is 3.59. The Bertz CT molecular complexity index is 250. The summed E-state index contributed by atoms with van der Waals surface area (Å²) in [5.41, 5.74) is 0.0171. The van der Waals surface area contributed by atoms with Gasteiger partial charge in [-0.2, -0.15) is 0 Å². The molecule has 1 saturated heterocycles. The number of alkyl halides is 1. The number of halogens is 1. The van der Waals surface area contributed by atoms with Crippen LogP contribution < -0.4 is 5.32 Å². The Morgan fingerprint density at radius 3 is 2.41 bits per heavy atom. The number of rotatable bonds is 5. The second-order valence-electron chi connectivity index (χ2n) is 5.32. The minimum Gasteiger partial charge on any atom is -0.354 e. The van der Waals surface area contributed by atoms with E-state index < -0.39 is 0 Å². The topological polar surface area (TPSA) is 35.6 Å². The zero-order valence-corrected chi connectivity index (χ0v) is 11.9. The summed E-state index contributed by atoms with van der Waals surface area (Å²) in [6.07, 6.45) is 0.403. The van der Waals surface area contributed by atoms with Gasteiger partial charge in [0, 0.05) is 50.6 Å². The van der Waals surface area contributed by atoms with Crippen LogP contribution in [0, 0.1) is 0 Å². The summed E-state index contributed by atoms with van der Waals surface area (Å²) in [5.74, 6) is 0.433. The van der Waals surface area contributed by atoms with Gasteiger partial charge >= 0.3 is 0 Å². The smallest absolute Gasteiger partial charge is 0.221 e. The highest BCUT2D eigenvalue weighted by Gasteiger charge is 2.29. The predicted octanol–water partition coefficient (Wildman–Crippen LogP) is 0.758. The first-order valence-corrected chi connectivity index (χ1v) is 6.75. The van der Waals surface area contributed by atoms with E-state index in [1.165, 1.54) is 0 Å². The maximum Gasteiger partial charge on any atom is 0.221 e. The van der Waals surface area contributed by atoms with Crippen LogP contribution >= 0.6 is 11.6 Å². The number of nitrogens with zero attached hydrogens (tertiary/aromatic N) is 2. The summed E-state index contributed by atoms with van der Waals surface area (Å²) in [6.45, 7) is 9.37. The first kappa shape index (κ1) is 14.7. The Balaban J connectivity index is 2.36. The fourth-order valence-corrected chi connectivity index (χ4v) is 2.18. The lowest BCUT2D eigenvalue weighted by atomic mass is 10.0. The van der Waals surface area contributed by atoms with Crippen LogP contribution in [-0.4, -0.2) is 66.9 Å². The number of hydrogen-bond acceptors (Lipinski definition) is 3. The summed E-state index contributed by atoms with van der Waals surface area (Å²) in [4.78, 5) is 16.2. The van der Waals surface area contributed by atoms with Crippen molar-refractivity contribution in [1.82, 2.24) is 15.1 Å². The lowest BCUT2D eigenvalue weighted by Gasteiger charge is -2.43. The number of piperazine rings is 1. The largest absolute Gasteiger partial charge is 0.354 e. The normalized spacial score (nSPS) is 19.3. The lowest BCUT2D eigenvalue weighted by Crippen LogP contribution is -2.57. The Labute approximate surface area is 109 Å². The highest BCUT2D eigenvalue weighted by molar-refractivity contribution is 6.18. The third kappa shape index (κ3) is 4.82. The molecule has 0 unspecified atom stereocenters. The average Bonchev–Trinajstić information content (AvgIpc) is 2.28. The van der Waals surface area contributed by atoms with Crippen molar-refractivity contribution in [3.63, 3.8) is 0 Å². The molecule has 4 nitrogen and oxygen atoms in total. The number of hydrogen-bond donors (Lipinski definition) is 1. The van der Waals surface area contributed by atoms with Crippen LogP contribution in [0.1, 0.15) is 20.3 Å². The van der Waals surface area contributed by atoms with E-state index in [0.717, 1.165) is 26.2 Å². The number of likely N-dealkylation sites (N-methyl/N-ethyl adjacent to an activating group) is 1. The third-order valence-electron chi connectivity index (χ3n) is 3.40. The van der Waals surface area contributed by atoms with Crippen molar-refractivity contribution in [3.8, 4) is 0 Å². The molecular formula is C12H24ClN3O. The van der Waals surface area contributed by atoms with Gasteiger partial charge < -0.3 is 10.2 Å². The Morgan fingerprint density at radius 2 is 1.88 bits per heavy atom. The standard InChI is InChI=1S/C12H24ClN3O/c1-12(2,10-14-11(17)4-5-13)16-8-6-15(3)7-9-16/h4-10H2,1-3H3,(H,14,17). The second kappa shape index (κ2) is 6.57. The van der Waals surface area contributed by atoms with E-state index in [1.807, 2.05) is 0 Å². The SMILES string of the molecule is CN1CCN(C(C)(C)CNC(=O)CCCl)CC1. The number of carbonyl (C=O) groups is 1. The van der Waals surface area contributed by atoms with Gasteiger partial charge in [-0.25, -0.2) is 0 Å². The molecule has 0 atom stereocenters. The van der Waals surface area contributed by atoms with Crippen molar-refractivity contribution in [2.45, 2.75) is 25.8 Å². The van der Waals surface area contributed by atoms with E-state index in [4.69, 9.17) is 11.6 Å². The predicted molar refractivity (Wildman–Crippen MR) is 71.5 cm³/mol. The molecule has 1 amide bonds. The van der Waals surface area contributed by atoms with Crippen LogP contribution in [0.2, 0.25) is 0 Å². The molecule has 1 heterocycles. The highest BCUT2D eigenvalue weighted by Crippen LogP contribution is 2.15. The molecule has 5 heteroatoms. The van der Waals surface area contributed by atoms with Crippen molar-refractivity contribution in [3.05, 3.63) is 0 Å². The van der Waals surface area contributed by atoms with Crippen LogP contribution in [-0.2, 0) is 4.79 Å². The average molecular weight is 262 g/mol. The first-order valence-electron chi connectivity index (χ1n) is 6.22. The molecule has 0 aromatic heterocycles. The molecule has 0 bridgehead atoms. The zero-order valence-electron chi connectivity index (χ0n) is 11.1. The van der Waals surface area contributed by atoms with Crippen LogP contribution in [0.3, 0.4) is 0 Å². The molecule has 0 radical (unpaired) electrons. The van der Waals surface area contributed by atoms with Gasteiger partial charge in [0.15, 0.2) is 0 Å². The maximum absolute atomic E-state index is 11.4. The molecule has 0 aromatic rings. The van der Waals surface area contributed by atoms with Gasteiger partial charge in [-0.15, -0.1) is 11.6 Å². The summed E-state index contributed by atoms with van der Waals surface area (Å²) >= 11 is 5.53. The molecule has 17 heavy (non-hydrogen) atoms. The number of carbonyl (C=O) groups excluding carboxylic acids is 1. The molecule has 0 aliphatic carbocycles. The monoisotopic (exact) mass is 261 g/mol. The molecule has 1 fully saturated rings. The minimum absolute atomic E-state index is 0.0171. The van der Waals surface area contributed by atoms with E-state index in [2.05, 4.69) is 36.0 Å². The van der Waals surface area contributed by atoms with Crippen molar-refractivity contribution in [1.29, 1.82) is 0 Å². The van der Waals surface area contributed by atoms with Gasteiger partial charge in [-0.1, -0.05) is 0 Å². The molecule has 0 spiro atoms. The summed E-state index contributed by atoms with van der Waals surface area (Å²) in [7, 11) is 2.15. The fourth-order valence-electron chi connectivity index (χ4n) is 2.01. The van der Waals surface area contributed by atoms with E-state index >= 15 is 0 Å². The van der Waals surface area contributed by atoms with Gasteiger partial charge in [0.05, 0.1) is 0 Å². The Morgan fingerprint density at radius 1 is 1.29 bits per heavy atom. The molecule has 0 saturated carbocycles. The van der Waals surface area contributed by atoms with Gasteiger partial charge in [0.25, 0.3) is 0 Å².